The molecule has 1 aromatic heterocycles. The zero-order chi connectivity index (χ0) is 12.6. The molecule has 0 radical (unpaired) electrons. The van der Waals surface area contributed by atoms with Crippen molar-refractivity contribution in [3.8, 4) is 11.1 Å². The van der Waals surface area contributed by atoms with Gasteiger partial charge in [-0.25, -0.2) is 0 Å². The average molecular weight is 229 g/mol. The second kappa shape index (κ2) is 4.38. The van der Waals surface area contributed by atoms with Crippen molar-refractivity contribution in [2.75, 3.05) is 0 Å². The van der Waals surface area contributed by atoms with Crippen LogP contribution in [0.4, 0.5) is 0 Å². The minimum atomic E-state index is 0.439. The molecule has 2 aromatic rings. The largest absolute Gasteiger partial charge is 0.467 e. The third-order valence-corrected chi connectivity index (χ3v) is 3.57. The Hall–Kier alpha value is -1.54. The molecular formula is C15H19NO. The Balaban J connectivity index is 2.75. The van der Waals surface area contributed by atoms with E-state index in [2.05, 4.69) is 33.8 Å². The summed E-state index contributed by atoms with van der Waals surface area (Å²) < 4.78 is 5.43. The first-order valence-corrected chi connectivity index (χ1v) is 5.90. The van der Waals surface area contributed by atoms with Crippen LogP contribution in [0, 0.1) is 27.7 Å². The lowest BCUT2D eigenvalue weighted by molar-refractivity contribution is 0.513. The Morgan fingerprint density at radius 2 is 1.65 bits per heavy atom. The molecular weight excluding hydrogens is 210 g/mol. The lowest BCUT2D eigenvalue weighted by Gasteiger charge is -2.15. The molecule has 0 unspecified atom stereocenters. The second-order valence-corrected chi connectivity index (χ2v) is 4.60. The Morgan fingerprint density at radius 3 is 2.18 bits per heavy atom. The van der Waals surface area contributed by atoms with Crippen molar-refractivity contribution >= 4 is 0 Å². The molecule has 0 aliphatic rings. The quantitative estimate of drug-likeness (QED) is 0.854. The van der Waals surface area contributed by atoms with E-state index in [1.807, 2.05) is 6.07 Å². The molecule has 1 aromatic carbocycles. The highest BCUT2D eigenvalue weighted by Gasteiger charge is 2.15. The summed E-state index contributed by atoms with van der Waals surface area (Å²) >= 11 is 0. The molecule has 0 saturated heterocycles. The van der Waals surface area contributed by atoms with Gasteiger partial charge in [0, 0.05) is 5.56 Å². The van der Waals surface area contributed by atoms with Crippen molar-refractivity contribution < 1.29 is 4.42 Å². The molecule has 0 atom stereocenters. The molecule has 1 heterocycles. The summed E-state index contributed by atoms with van der Waals surface area (Å²) in [5.74, 6) is 0.862. The summed E-state index contributed by atoms with van der Waals surface area (Å²) in [6, 6.07) is 4.24. The van der Waals surface area contributed by atoms with E-state index in [9.17, 15) is 0 Å². The van der Waals surface area contributed by atoms with Crippen LogP contribution in [-0.4, -0.2) is 0 Å². The number of nitrogens with two attached hydrogens (primary N) is 1. The minimum absolute atomic E-state index is 0.439. The standard InChI is InChI=1S/C15H19NO/c1-9-7-10(2)12(4)15(11(9)3)13-5-6-17-14(13)8-16/h5-7H,8,16H2,1-4H3. The normalized spacial score (nSPS) is 10.9. The van der Waals surface area contributed by atoms with Crippen molar-refractivity contribution in [2.24, 2.45) is 5.73 Å². The van der Waals surface area contributed by atoms with Gasteiger partial charge in [-0.15, -0.1) is 0 Å². The summed E-state index contributed by atoms with van der Waals surface area (Å²) in [5, 5.41) is 0. The smallest absolute Gasteiger partial charge is 0.125 e. The van der Waals surface area contributed by atoms with Gasteiger partial charge in [0.2, 0.25) is 0 Å². The van der Waals surface area contributed by atoms with Crippen molar-refractivity contribution in [1.82, 2.24) is 0 Å². The first kappa shape index (κ1) is 11.9. The van der Waals surface area contributed by atoms with Gasteiger partial charge >= 0.3 is 0 Å². The van der Waals surface area contributed by atoms with Crippen LogP contribution in [-0.2, 0) is 6.54 Å². The number of aryl methyl sites for hydroxylation is 2. The molecule has 90 valence electrons. The lowest BCUT2D eigenvalue weighted by atomic mass is 9.90. The molecule has 0 saturated carbocycles. The van der Waals surface area contributed by atoms with E-state index in [4.69, 9.17) is 10.2 Å². The SMILES string of the molecule is Cc1cc(C)c(C)c(-c2ccoc2CN)c1C. The monoisotopic (exact) mass is 229 g/mol. The van der Waals surface area contributed by atoms with Gasteiger partial charge in [-0.3, -0.25) is 0 Å². The summed E-state index contributed by atoms with van der Waals surface area (Å²) in [6.07, 6.45) is 1.72. The summed E-state index contributed by atoms with van der Waals surface area (Å²) in [7, 11) is 0. The van der Waals surface area contributed by atoms with E-state index in [0.29, 0.717) is 6.54 Å². The predicted octanol–water partition coefficient (Wildman–Crippen LogP) is 3.64. The van der Waals surface area contributed by atoms with Crippen molar-refractivity contribution in [2.45, 2.75) is 34.2 Å². The Bertz CT molecular complexity index is 526. The van der Waals surface area contributed by atoms with Gasteiger partial charge in [0.1, 0.15) is 5.76 Å². The summed E-state index contributed by atoms with van der Waals surface area (Å²) in [4.78, 5) is 0. The highest BCUT2D eigenvalue weighted by Crippen LogP contribution is 2.34. The van der Waals surface area contributed by atoms with Crippen LogP contribution in [0.5, 0.6) is 0 Å². The van der Waals surface area contributed by atoms with Crippen LogP contribution >= 0.6 is 0 Å². The Morgan fingerprint density at radius 1 is 1.06 bits per heavy atom. The average Bonchev–Trinajstić information content (AvgIpc) is 2.75. The third-order valence-electron chi connectivity index (χ3n) is 3.57. The molecule has 0 bridgehead atoms. The van der Waals surface area contributed by atoms with E-state index in [-0.39, 0.29) is 0 Å². The molecule has 2 heteroatoms. The number of hydrogen-bond donors (Lipinski definition) is 1. The third kappa shape index (κ3) is 1.89. The molecule has 0 spiro atoms. The molecule has 2 nitrogen and oxygen atoms in total. The predicted molar refractivity (Wildman–Crippen MR) is 71.0 cm³/mol. The molecule has 0 aliphatic carbocycles. The van der Waals surface area contributed by atoms with E-state index in [1.165, 1.54) is 27.8 Å². The first-order valence-electron chi connectivity index (χ1n) is 5.90. The highest BCUT2D eigenvalue weighted by molar-refractivity contribution is 5.74. The van der Waals surface area contributed by atoms with E-state index < -0.39 is 0 Å². The van der Waals surface area contributed by atoms with Crippen LogP contribution in [0.3, 0.4) is 0 Å². The van der Waals surface area contributed by atoms with Crippen molar-refractivity contribution in [3.63, 3.8) is 0 Å². The fourth-order valence-electron chi connectivity index (χ4n) is 2.34. The van der Waals surface area contributed by atoms with Gasteiger partial charge in [0.25, 0.3) is 0 Å². The number of rotatable bonds is 2. The van der Waals surface area contributed by atoms with Gasteiger partial charge in [0.15, 0.2) is 0 Å². The number of benzene rings is 1. The van der Waals surface area contributed by atoms with Crippen LogP contribution in [0.25, 0.3) is 11.1 Å². The van der Waals surface area contributed by atoms with Crippen LogP contribution in [0.1, 0.15) is 28.0 Å². The highest BCUT2D eigenvalue weighted by atomic mass is 16.3. The minimum Gasteiger partial charge on any atom is -0.467 e. The molecule has 2 rings (SSSR count). The van der Waals surface area contributed by atoms with E-state index >= 15 is 0 Å². The number of hydrogen-bond acceptors (Lipinski definition) is 2. The van der Waals surface area contributed by atoms with E-state index in [1.54, 1.807) is 6.26 Å². The lowest BCUT2D eigenvalue weighted by Crippen LogP contribution is -2.00. The summed E-state index contributed by atoms with van der Waals surface area (Å²) in [5.41, 5.74) is 13.4. The van der Waals surface area contributed by atoms with Gasteiger partial charge < -0.3 is 10.2 Å². The Kier molecular flexibility index (Phi) is 3.07. The fraction of sp³-hybridized carbons (Fsp3) is 0.333. The van der Waals surface area contributed by atoms with Crippen LogP contribution < -0.4 is 5.73 Å². The van der Waals surface area contributed by atoms with Gasteiger partial charge in [0.05, 0.1) is 12.8 Å². The van der Waals surface area contributed by atoms with Gasteiger partial charge in [-0.1, -0.05) is 6.07 Å². The van der Waals surface area contributed by atoms with Gasteiger partial charge in [-0.2, -0.15) is 0 Å². The fourth-order valence-corrected chi connectivity index (χ4v) is 2.34. The van der Waals surface area contributed by atoms with Crippen LogP contribution in [0.2, 0.25) is 0 Å². The maximum Gasteiger partial charge on any atom is 0.125 e. The van der Waals surface area contributed by atoms with Crippen molar-refractivity contribution in [3.05, 3.63) is 46.4 Å². The van der Waals surface area contributed by atoms with Gasteiger partial charge in [-0.05, 0) is 61.6 Å². The zero-order valence-electron chi connectivity index (χ0n) is 10.9. The molecule has 17 heavy (non-hydrogen) atoms. The molecule has 0 amide bonds. The van der Waals surface area contributed by atoms with Crippen LogP contribution in [0.15, 0.2) is 22.8 Å². The number of furan rings is 1. The van der Waals surface area contributed by atoms with Crippen molar-refractivity contribution in [1.29, 1.82) is 0 Å². The first-order chi connectivity index (χ1) is 8.06. The molecule has 2 N–H and O–H groups in total. The van der Waals surface area contributed by atoms with E-state index in [0.717, 1.165) is 11.3 Å². The topological polar surface area (TPSA) is 39.2 Å². The summed E-state index contributed by atoms with van der Waals surface area (Å²) in [6.45, 7) is 9.05. The Labute approximate surface area is 102 Å². The maximum atomic E-state index is 5.71. The second-order valence-electron chi connectivity index (χ2n) is 4.60. The molecule has 0 fully saturated rings. The maximum absolute atomic E-state index is 5.71. The molecule has 0 aliphatic heterocycles. The zero-order valence-corrected chi connectivity index (χ0v) is 10.9.